The second-order valence-corrected chi connectivity index (χ2v) is 7.99. The van der Waals surface area contributed by atoms with Gasteiger partial charge in [-0.1, -0.05) is 29.8 Å². The summed E-state index contributed by atoms with van der Waals surface area (Å²) in [7, 11) is 1.78. The van der Waals surface area contributed by atoms with E-state index in [0.29, 0.717) is 25.0 Å². The van der Waals surface area contributed by atoms with Gasteiger partial charge in [0.25, 0.3) is 0 Å². The number of nitrogens with one attached hydrogen (secondary N) is 2. The largest absolute Gasteiger partial charge is 0.439 e. The number of hydrogen-bond donors (Lipinski definition) is 2. The second kappa shape index (κ2) is 10.9. The van der Waals surface area contributed by atoms with E-state index in [9.17, 15) is 4.79 Å². The standard InChI is InChI=1S/C22H30N6O2.HI/c1-16-3-5-17(6-4-16)19-13-24-21(30-19)14-25-22(23-2)28-11-9-27(10-12-28)15-20(29)26-18-7-8-18;/h3-6,13,18H,7-12,14-15H2,1-2H3,(H,23,25)(H,26,29);1H. The molecule has 1 aromatic carbocycles. The van der Waals surface area contributed by atoms with E-state index in [2.05, 4.69) is 49.5 Å². The first kappa shape index (κ1) is 23.5. The van der Waals surface area contributed by atoms with Crippen LogP contribution in [-0.4, -0.2) is 72.5 Å². The molecule has 2 N–H and O–H groups in total. The molecule has 1 saturated heterocycles. The van der Waals surface area contributed by atoms with Gasteiger partial charge in [0.2, 0.25) is 11.8 Å². The van der Waals surface area contributed by atoms with Crippen LogP contribution in [0.15, 0.2) is 39.9 Å². The Bertz CT molecular complexity index is 886. The summed E-state index contributed by atoms with van der Waals surface area (Å²) in [5, 5.41) is 6.39. The molecule has 1 amide bonds. The van der Waals surface area contributed by atoms with Crippen LogP contribution in [0.25, 0.3) is 11.3 Å². The van der Waals surface area contributed by atoms with Gasteiger partial charge in [0, 0.05) is 44.8 Å². The van der Waals surface area contributed by atoms with Gasteiger partial charge in [-0.15, -0.1) is 24.0 Å². The molecule has 1 saturated carbocycles. The van der Waals surface area contributed by atoms with Crippen molar-refractivity contribution in [3.8, 4) is 11.3 Å². The highest BCUT2D eigenvalue weighted by atomic mass is 127. The number of aliphatic imine (C=N–C) groups is 1. The first-order valence-corrected chi connectivity index (χ1v) is 10.6. The number of aryl methyl sites for hydroxylation is 1. The van der Waals surface area contributed by atoms with Crippen LogP contribution in [0, 0.1) is 6.92 Å². The van der Waals surface area contributed by atoms with Gasteiger partial charge in [-0.05, 0) is 19.8 Å². The summed E-state index contributed by atoms with van der Waals surface area (Å²) in [6.45, 7) is 6.36. The van der Waals surface area contributed by atoms with Gasteiger partial charge in [0.1, 0.15) is 0 Å². The molecule has 2 heterocycles. The number of aromatic nitrogens is 1. The zero-order valence-corrected chi connectivity index (χ0v) is 20.5. The molecular weight excluding hydrogens is 507 g/mol. The van der Waals surface area contributed by atoms with Crippen molar-refractivity contribution in [1.82, 2.24) is 25.4 Å². The first-order valence-electron chi connectivity index (χ1n) is 10.6. The summed E-state index contributed by atoms with van der Waals surface area (Å²) in [5.74, 6) is 2.36. The van der Waals surface area contributed by atoms with Crippen LogP contribution in [0.1, 0.15) is 24.3 Å². The van der Waals surface area contributed by atoms with E-state index >= 15 is 0 Å². The van der Waals surface area contributed by atoms with Crippen molar-refractivity contribution in [3.05, 3.63) is 41.9 Å². The van der Waals surface area contributed by atoms with Crippen molar-refractivity contribution in [2.24, 2.45) is 4.99 Å². The maximum atomic E-state index is 12.0. The van der Waals surface area contributed by atoms with E-state index in [1.807, 2.05) is 12.1 Å². The highest BCUT2D eigenvalue weighted by molar-refractivity contribution is 14.0. The molecule has 0 bridgehead atoms. The summed E-state index contributed by atoms with van der Waals surface area (Å²) in [6.07, 6.45) is 4.01. The predicted octanol–water partition coefficient (Wildman–Crippen LogP) is 2.24. The molecule has 1 aromatic heterocycles. The summed E-state index contributed by atoms with van der Waals surface area (Å²) < 4.78 is 5.89. The lowest BCUT2D eigenvalue weighted by atomic mass is 10.1. The Hall–Kier alpha value is -2.14. The van der Waals surface area contributed by atoms with Crippen LogP contribution in [0.4, 0.5) is 0 Å². The van der Waals surface area contributed by atoms with E-state index < -0.39 is 0 Å². The van der Waals surface area contributed by atoms with Crippen LogP contribution in [0.5, 0.6) is 0 Å². The van der Waals surface area contributed by atoms with E-state index in [-0.39, 0.29) is 29.9 Å². The minimum absolute atomic E-state index is 0. The number of piperazine rings is 1. The Labute approximate surface area is 200 Å². The normalized spacial score (nSPS) is 17.2. The van der Waals surface area contributed by atoms with E-state index in [1.54, 1.807) is 13.2 Å². The lowest BCUT2D eigenvalue weighted by molar-refractivity contribution is -0.122. The third kappa shape index (κ3) is 6.67. The van der Waals surface area contributed by atoms with Crippen molar-refractivity contribution in [1.29, 1.82) is 0 Å². The zero-order valence-electron chi connectivity index (χ0n) is 18.1. The third-order valence-corrected chi connectivity index (χ3v) is 5.48. The van der Waals surface area contributed by atoms with Gasteiger partial charge in [-0.3, -0.25) is 14.7 Å². The van der Waals surface area contributed by atoms with Gasteiger partial charge >= 0.3 is 0 Å². The SMILES string of the molecule is CN=C(NCc1ncc(-c2ccc(C)cc2)o1)N1CCN(CC(=O)NC2CC2)CC1.I. The number of halogens is 1. The highest BCUT2D eigenvalue weighted by Crippen LogP contribution is 2.21. The molecular formula is C22H31IN6O2. The van der Waals surface area contributed by atoms with Crippen LogP contribution in [-0.2, 0) is 11.3 Å². The summed E-state index contributed by atoms with van der Waals surface area (Å²) in [6, 6.07) is 8.62. The molecule has 4 rings (SSSR count). The minimum Gasteiger partial charge on any atom is -0.439 e. The van der Waals surface area contributed by atoms with E-state index in [0.717, 1.165) is 56.3 Å². The monoisotopic (exact) mass is 538 g/mol. The molecule has 31 heavy (non-hydrogen) atoms. The fourth-order valence-corrected chi connectivity index (χ4v) is 3.55. The smallest absolute Gasteiger partial charge is 0.234 e. The molecule has 0 unspecified atom stereocenters. The number of carbonyl (C=O) groups excluding carboxylic acids is 1. The number of benzene rings is 1. The van der Waals surface area contributed by atoms with Crippen LogP contribution < -0.4 is 10.6 Å². The predicted molar refractivity (Wildman–Crippen MR) is 131 cm³/mol. The Balaban J connectivity index is 0.00000272. The number of guanidine groups is 1. The average molecular weight is 538 g/mol. The number of hydrogen-bond acceptors (Lipinski definition) is 5. The van der Waals surface area contributed by atoms with Crippen molar-refractivity contribution >= 4 is 35.8 Å². The average Bonchev–Trinajstić information content (AvgIpc) is 3.43. The van der Waals surface area contributed by atoms with Gasteiger partial charge in [-0.2, -0.15) is 0 Å². The number of carbonyl (C=O) groups is 1. The maximum absolute atomic E-state index is 12.0. The summed E-state index contributed by atoms with van der Waals surface area (Å²) in [5.41, 5.74) is 2.23. The molecule has 8 nitrogen and oxygen atoms in total. The molecule has 168 valence electrons. The Morgan fingerprint density at radius 1 is 1.19 bits per heavy atom. The fourth-order valence-electron chi connectivity index (χ4n) is 3.55. The molecule has 1 aliphatic heterocycles. The van der Waals surface area contributed by atoms with Gasteiger partial charge in [0.15, 0.2) is 11.7 Å². The molecule has 2 aliphatic rings. The molecule has 1 aliphatic carbocycles. The maximum Gasteiger partial charge on any atom is 0.234 e. The van der Waals surface area contributed by atoms with Crippen LogP contribution >= 0.6 is 24.0 Å². The Morgan fingerprint density at radius 2 is 1.90 bits per heavy atom. The van der Waals surface area contributed by atoms with Crippen molar-refractivity contribution in [2.75, 3.05) is 39.8 Å². The first-order chi connectivity index (χ1) is 14.6. The van der Waals surface area contributed by atoms with Crippen LogP contribution in [0.3, 0.4) is 0 Å². The molecule has 0 atom stereocenters. The minimum atomic E-state index is 0. The molecule has 2 aromatic rings. The molecule has 9 heteroatoms. The number of oxazole rings is 1. The zero-order chi connectivity index (χ0) is 20.9. The second-order valence-electron chi connectivity index (χ2n) is 7.99. The molecule has 2 fully saturated rings. The van der Waals surface area contributed by atoms with E-state index in [4.69, 9.17) is 4.42 Å². The number of rotatable bonds is 6. The van der Waals surface area contributed by atoms with Gasteiger partial charge in [-0.25, -0.2) is 4.98 Å². The summed E-state index contributed by atoms with van der Waals surface area (Å²) in [4.78, 5) is 25.2. The summed E-state index contributed by atoms with van der Waals surface area (Å²) >= 11 is 0. The van der Waals surface area contributed by atoms with E-state index in [1.165, 1.54) is 5.56 Å². The van der Waals surface area contributed by atoms with Gasteiger partial charge < -0.3 is 20.0 Å². The van der Waals surface area contributed by atoms with Crippen molar-refractivity contribution in [3.63, 3.8) is 0 Å². The number of nitrogens with zero attached hydrogens (tertiary/aromatic N) is 4. The van der Waals surface area contributed by atoms with Gasteiger partial charge in [0.05, 0.1) is 19.3 Å². The lowest BCUT2D eigenvalue weighted by Crippen LogP contribution is -2.54. The molecule has 0 radical (unpaired) electrons. The number of amides is 1. The quantitative estimate of drug-likeness (QED) is 0.334. The molecule has 0 spiro atoms. The van der Waals surface area contributed by atoms with Crippen molar-refractivity contribution in [2.45, 2.75) is 32.4 Å². The Kier molecular flexibility index (Phi) is 8.30. The lowest BCUT2D eigenvalue weighted by Gasteiger charge is -2.36. The van der Waals surface area contributed by atoms with Crippen LogP contribution in [0.2, 0.25) is 0 Å². The van der Waals surface area contributed by atoms with Crippen molar-refractivity contribution < 1.29 is 9.21 Å². The fraction of sp³-hybridized carbons (Fsp3) is 0.500. The topological polar surface area (TPSA) is 86.0 Å². The third-order valence-electron chi connectivity index (χ3n) is 5.48. The Morgan fingerprint density at radius 3 is 2.55 bits per heavy atom. The highest BCUT2D eigenvalue weighted by Gasteiger charge is 2.26.